The maximum absolute atomic E-state index is 6.34. The number of imidazole rings is 1. The lowest BCUT2D eigenvalue weighted by atomic mass is 9.99. The number of rotatable bonds is 3. The third-order valence-electron chi connectivity index (χ3n) is 4.55. The second kappa shape index (κ2) is 6.37. The highest BCUT2D eigenvalue weighted by molar-refractivity contribution is 7.09. The molecule has 9 heteroatoms. The van der Waals surface area contributed by atoms with Gasteiger partial charge in [-0.2, -0.15) is 0 Å². The Hall–Kier alpha value is -2.45. The Labute approximate surface area is 158 Å². The van der Waals surface area contributed by atoms with E-state index in [2.05, 4.69) is 29.8 Å². The van der Waals surface area contributed by atoms with Gasteiger partial charge in [0.2, 0.25) is 5.95 Å². The molecule has 0 bridgehead atoms. The second-order valence-electron chi connectivity index (χ2n) is 6.23. The zero-order valence-corrected chi connectivity index (χ0v) is 15.3. The van der Waals surface area contributed by atoms with Crippen molar-refractivity contribution in [2.45, 2.75) is 18.8 Å². The number of furan rings is 1. The topological polar surface area (TPSA) is 83.7 Å². The van der Waals surface area contributed by atoms with Crippen molar-refractivity contribution in [1.29, 1.82) is 0 Å². The summed E-state index contributed by atoms with van der Waals surface area (Å²) in [5.74, 6) is 2.22. The fraction of sp³-hybridized carbons (Fsp3) is 0.294. The van der Waals surface area contributed by atoms with Crippen LogP contribution in [0.3, 0.4) is 0 Å². The Morgan fingerprint density at radius 2 is 2.27 bits per heavy atom. The smallest absolute Gasteiger partial charge is 0.205 e. The van der Waals surface area contributed by atoms with Crippen molar-refractivity contribution >= 4 is 40.0 Å². The maximum Gasteiger partial charge on any atom is 0.205 e. The molecule has 1 saturated heterocycles. The molecule has 1 N–H and O–H groups in total. The van der Waals surface area contributed by atoms with Crippen molar-refractivity contribution in [3.8, 4) is 11.6 Å². The van der Waals surface area contributed by atoms with Crippen LogP contribution in [0.1, 0.15) is 23.8 Å². The first-order chi connectivity index (χ1) is 12.8. The average molecular weight is 387 g/mol. The van der Waals surface area contributed by atoms with Gasteiger partial charge >= 0.3 is 0 Å². The fourth-order valence-corrected chi connectivity index (χ4v) is 4.31. The predicted molar refractivity (Wildman–Crippen MR) is 101 cm³/mol. The molecule has 0 aromatic carbocycles. The molecule has 0 saturated carbocycles. The summed E-state index contributed by atoms with van der Waals surface area (Å²) in [5.41, 5.74) is 1.19. The van der Waals surface area contributed by atoms with Crippen molar-refractivity contribution in [3.63, 3.8) is 0 Å². The first-order valence-electron chi connectivity index (χ1n) is 8.39. The quantitative estimate of drug-likeness (QED) is 0.533. The summed E-state index contributed by atoms with van der Waals surface area (Å²) in [7, 11) is 0. The first-order valence-corrected chi connectivity index (χ1v) is 9.65. The third kappa shape index (κ3) is 2.75. The molecule has 0 amide bonds. The number of piperidine rings is 1. The highest BCUT2D eigenvalue weighted by atomic mass is 35.5. The number of H-pyrrole nitrogens is 1. The molecule has 1 fully saturated rings. The van der Waals surface area contributed by atoms with E-state index in [1.54, 1.807) is 29.7 Å². The molecule has 4 aromatic rings. The molecule has 7 nitrogen and oxygen atoms in total. The minimum Gasteiger partial charge on any atom is -0.461 e. The third-order valence-corrected chi connectivity index (χ3v) is 5.75. The van der Waals surface area contributed by atoms with Gasteiger partial charge in [0.05, 0.1) is 11.3 Å². The Balaban J connectivity index is 1.48. The zero-order valence-electron chi connectivity index (χ0n) is 13.7. The van der Waals surface area contributed by atoms with Crippen LogP contribution in [0, 0.1) is 0 Å². The minimum atomic E-state index is 0.317. The van der Waals surface area contributed by atoms with E-state index in [4.69, 9.17) is 16.0 Å². The van der Waals surface area contributed by atoms with Gasteiger partial charge < -0.3 is 14.3 Å². The fourth-order valence-electron chi connectivity index (χ4n) is 3.33. The molecule has 1 atom stereocenters. The van der Waals surface area contributed by atoms with Crippen LogP contribution >= 0.6 is 22.9 Å². The number of thiazole rings is 1. The molecule has 1 unspecified atom stereocenters. The van der Waals surface area contributed by atoms with Gasteiger partial charge in [-0.15, -0.1) is 11.3 Å². The number of aromatic amines is 1. The lowest BCUT2D eigenvalue weighted by Gasteiger charge is -2.31. The van der Waals surface area contributed by atoms with Gasteiger partial charge in [0.1, 0.15) is 5.52 Å². The molecule has 1 aliphatic rings. The van der Waals surface area contributed by atoms with E-state index in [-0.39, 0.29) is 0 Å². The lowest BCUT2D eigenvalue weighted by Crippen LogP contribution is -2.35. The lowest BCUT2D eigenvalue weighted by molar-refractivity contribution is 0.503. The highest BCUT2D eigenvalue weighted by Gasteiger charge is 2.25. The van der Waals surface area contributed by atoms with E-state index in [0.717, 1.165) is 31.9 Å². The molecule has 1 aliphatic heterocycles. The van der Waals surface area contributed by atoms with Gasteiger partial charge in [0, 0.05) is 30.6 Å². The largest absolute Gasteiger partial charge is 0.461 e. The summed E-state index contributed by atoms with van der Waals surface area (Å²) < 4.78 is 5.37. The molecule has 132 valence electrons. The number of nitrogens with one attached hydrogen (secondary N) is 1. The van der Waals surface area contributed by atoms with Gasteiger partial charge in [0.25, 0.3) is 0 Å². The van der Waals surface area contributed by atoms with Gasteiger partial charge in [-0.1, -0.05) is 11.6 Å². The molecule has 0 aliphatic carbocycles. The molecule has 5 heterocycles. The van der Waals surface area contributed by atoms with Gasteiger partial charge in [-0.3, -0.25) is 0 Å². The monoisotopic (exact) mass is 386 g/mol. The summed E-state index contributed by atoms with van der Waals surface area (Å²) in [6.07, 6.45) is 5.69. The summed E-state index contributed by atoms with van der Waals surface area (Å²) in [4.78, 5) is 23.5. The Morgan fingerprint density at radius 1 is 1.31 bits per heavy atom. The van der Waals surface area contributed by atoms with Crippen molar-refractivity contribution < 1.29 is 4.42 Å². The number of fused-ring (bicyclic) bond motifs is 1. The van der Waals surface area contributed by atoms with Crippen LogP contribution in [0.25, 0.3) is 22.7 Å². The molecule has 0 spiro atoms. The van der Waals surface area contributed by atoms with E-state index in [1.807, 2.05) is 11.6 Å². The second-order valence-corrected chi connectivity index (χ2v) is 7.51. The zero-order chi connectivity index (χ0) is 17.5. The SMILES string of the molecule is Clc1nc(-c2ccco2)nc2[nH]c(N3CCCC(c4nccs4)C3)nc12. The summed E-state index contributed by atoms with van der Waals surface area (Å²) in [6, 6.07) is 3.60. The van der Waals surface area contributed by atoms with Crippen LogP contribution < -0.4 is 4.90 Å². The van der Waals surface area contributed by atoms with Crippen molar-refractivity contribution in [2.75, 3.05) is 18.0 Å². The number of aromatic nitrogens is 5. The Morgan fingerprint density at radius 3 is 3.08 bits per heavy atom. The van der Waals surface area contributed by atoms with E-state index >= 15 is 0 Å². The first kappa shape index (κ1) is 15.8. The predicted octanol–water partition coefficient (Wildman–Crippen LogP) is 4.11. The Kier molecular flexibility index (Phi) is 3.86. The molecular weight excluding hydrogens is 372 g/mol. The number of anilines is 1. The standard InChI is InChI=1S/C17H15ClN6OS/c18-13-12-15(22-14(21-13)11-4-2-7-25-11)23-17(20-12)24-6-1-3-10(9-24)16-19-5-8-26-16/h2,4-5,7-8,10H,1,3,6,9H2,(H,20,21,22,23). The average Bonchev–Trinajstić information content (AvgIpc) is 3.42. The van der Waals surface area contributed by atoms with E-state index < -0.39 is 0 Å². The summed E-state index contributed by atoms with van der Waals surface area (Å²) in [5, 5.41) is 3.53. The van der Waals surface area contributed by atoms with Gasteiger partial charge in [-0.25, -0.2) is 19.9 Å². The highest BCUT2D eigenvalue weighted by Crippen LogP contribution is 2.31. The van der Waals surface area contributed by atoms with Crippen LogP contribution in [0.15, 0.2) is 34.4 Å². The number of nitrogens with zero attached hydrogens (tertiary/aromatic N) is 5. The molecule has 4 aromatic heterocycles. The molecule has 0 radical (unpaired) electrons. The van der Waals surface area contributed by atoms with E-state index in [1.165, 1.54) is 5.01 Å². The van der Waals surface area contributed by atoms with Crippen LogP contribution in [0.4, 0.5) is 5.95 Å². The van der Waals surface area contributed by atoms with Crippen LogP contribution in [-0.2, 0) is 0 Å². The van der Waals surface area contributed by atoms with Crippen LogP contribution in [0.5, 0.6) is 0 Å². The number of hydrogen-bond donors (Lipinski definition) is 1. The van der Waals surface area contributed by atoms with E-state index in [0.29, 0.717) is 33.8 Å². The maximum atomic E-state index is 6.34. The Bertz CT molecular complexity index is 1030. The number of halogens is 1. The van der Waals surface area contributed by atoms with Gasteiger partial charge in [0.15, 0.2) is 22.4 Å². The minimum absolute atomic E-state index is 0.317. The molecule has 5 rings (SSSR count). The number of hydrogen-bond acceptors (Lipinski definition) is 7. The summed E-state index contributed by atoms with van der Waals surface area (Å²) >= 11 is 8.05. The normalized spacial score (nSPS) is 17.9. The van der Waals surface area contributed by atoms with Gasteiger partial charge in [-0.05, 0) is 25.0 Å². The van der Waals surface area contributed by atoms with Crippen LogP contribution in [-0.4, -0.2) is 38.0 Å². The van der Waals surface area contributed by atoms with Crippen LogP contribution in [0.2, 0.25) is 5.15 Å². The van der Waals surface area contributed by atoms with Crippen molar-refractivity contribution in [3.05, 3.63) is 40.1 Å². The summed E-state index contributed by atoms with van der Waals surface area (Å²) in [6.45, 7) is 1.82. The van der Waals surface area contributed by atoms with E-state index in [9.17, 15) is 0 Å². The van der Waals surface area contributed by atoms with Crippen molar-refractivity contribution in [1.82, 2.24) is 24.9 Å². The molecule has 26 heavy (non-hydrogen) atoms. The molecular formula is C17H15ClN6OS. The van der Waals surface area contributed by atoms with Crippen molar-refractivity contribution in [2.24, 2.45) is 0 Å².